The Bertz CT molecular complexity index is 419. The molecule has 0 aromatic heterocycles. The number of ether oxygens (including phenoxy) is 1. The third-order valence-corrected chi connectivity index (χ3v) is 4.62. The zero-order chi connectivity index (χ0) is 17.3. The highest BCUT2D eigenvalue weighted by atomic mass is 19.4. The van der Waals surface area contributed by atoms with E-state index in [1.807, 2.05) is 0 Å². The van der Waals surface area contributed by atoms with Gasteiger partial charge >= 0.3 is 6.18 Å². The van der Waals surface area contributed by atoms with Crippen molar-refractivity contribution < 1.29 is 17.9 Å². The highest BCUT2D eigenvalue weighted by Gasteiger charge is 2.27. The fourth-order valence-corrected chi connectivity index (χ4v) is 3.03. The average Bonchev–Trinajstić information content (AvgIpc) is 2.45. The zero-order valence-electron chi connectivity index (χ0n) is 14.8. The first-order chi connectivity index (χ1) is 10.8. The van der Waals surface area contributed by atoms with Gasteiger partial charge in [0, 0.05) is 6.61 Å². The lowest BCUT2D eigenvalue weighted by Crippen LogP contribution is -2.17. The molecule has 4 heteroatoms. The van der Waals surface area contributed by atoms with E-state index in [-0.39, 0.29) is 6.61 Å². The summed E-state index contributed by atoms with van der Waals surface area (Å²) in [5, 5.41) is 0. The molecule has 0 bridgehead atoms. The number of halogens is 3. The highest BCUT2D eigenvalue weighted by Crippen LogP contribution is 2.32. The molecule has 134 valence electrons. The maximum absolute atomic E-state index is 11.9. The maximum Gasteiger partial charge on any atom is 0.411 e. The van der Waals surface area contributed by atoms with Crippen LogP contribution in [0.3, 0.4) is 0 Å². The molecule has 1 nitrogen and oxygen atoms in total. The molecule has 0 aliphatic heterocycles. The fraction of sp³-hybridized carbons (Fsp3) is 0.789. The van der Waals surface area contributed by atoms with Crippen LogP contribution < -0.4 is 0 Å². The van der Waals surface area contributed by atoms with Gasteiger partial charge < -0.3 is 4.74 Å². The summed E-state index contributed by atoms with van der Waals surface area (Å²) in [6.07, 6.45) is 5.66. The molecule has 0 heterocycles. The molecule has 0 saturated heterocycles. The van der Waals surface area contributed by atoms with Gasteiger partial charge in [-0.2, -0.15) is 13.2 Å². The van der Waals surface area contributed by atoms with Crippen LogP contribution in [0.1, 0.15) is 78.6 Å². The minimum Gasteiger partial charge on any atom is -0.372 e. The van der Waals surface area contributed by atoms with Crippen LogP contribution >= 0.6 is 0 Å². The molecule has 23 heavy (non-hydrogen) atoms. The van der Waals surface area contributed by atoms with Crippen LogP contribution in [-0.4, -0.2) is 19.4 Å². The van der Waals surface area contributed by atoms with Crippen molar-refractivity contribution in [3.8, 4) is 0 Å². The molecule has 1 aliphatic rings. The van der Waals surface area contributed by atoms with Gasteiger partial charge in [-0.05, 0) is 52.9 Å². The van der Waals surface area contributed by atoms with E-state index in [1.165, 1.54) is 36.8 Å². The molecule has 0 unspecified atom stereocenters. The fourth-order valence-electron chi connectivity index (χ4n) is 3.03. The SMILES string of the molecule is CC1=C(C)CC(CCCCCCCCOCC(F)(F)F)=C(C)C1. The van der Waals surface area contributed by atoms with Crippen molar-refractivity contribution in [3.05, 3.63) is 22.3 Å². The number of alkyl halides is 3. The van der Waals surface area contributed by atoms with Crippen molar-refractivity contribution in [2.45, 2.75) is 84.7 Å². The van der Waals surface area contributed by atoms with Gasteiger partial charge in [-0.1, -0.05) is 48.0 Å². The Labute approximate surface area is 139 Å². The summed E-state index contributed by atoms with van der Waals surface area (Å²) in [7, 11) is 0. The minimum atomic E-state index is -4.20. The first-order valence-electron chi connectivity index (χ1n) is 8.77. The predicted molar refractivity (Wildman–Crippen MR) is 89.5 cm³/mol. The molecular weight excluding hydrogens is 301 g/mol. The van der Waals surface area contributed by atoms with E-state index < -0.39 is 12.8 Å². The Morgan fingerprint density at radius 1 is 0.783 bits per heavy atom. The van der Waals surface area contributed by atoms with E-state index in [4.69, 9.17) is 0 Å². The van der Waals surface area contributed by atoms with Crippen molar-refractivity contribution in [3.63, 3.8) is 0 Å². The molecule has 0 saturated carbocycles. The monoisotopic (exact) mass is 332 g/mol. The summed E-state index contributed by atoms with van der Waals surface area (Å²) in [5.41, 5.74) is 6.23. The molecular formula is C19H31F3O. The summed E-state index contributed by atoms with van der Waals surface area (Å²) in [6.45, 7) is 5.83. The molecule has 0 aromatic rings. The third-order valence-electron chi connectivity index (χ3n) is 4.62. The van der Waals surface area contributed by atoms with Crippen molar-refractivity contribution in [2.24, 2.45) is 0 Å². The topological polar surface area (TPSA) is 9.23 Å². The quantitative estimate of drug-likeness (QED) is 0.318. The molecule has 0 fully saturated rings. The van der Waals surface area contributed by atoms with Crippen molar-refractivity contribution >= 4 is 0 Å². The molecule has 0 spiro atoms. The summed E-state index contributed by atoms with van der Waals surface area (Å²) < 4.78 is 40.2. The Kier molecular flexibility index (Phi) is 8.96. The van der Waals surface area contributed by atoms with Crippen LogP contribution in [0.2, 0.25) is 0 Å². The van der Waals surface area contributed by atoms with Crippen LogP contribution in [0, 0.1) is 0 Å². The number of rotatable bonds is 10. The van der Waals surface area contributed by atoms with Crippen LogP contribution in [-0.2, 0) is 4.74 Å². The van der Waals surface area contributed by atoms with Gasteiger partial charge in [-0.15, -0.1) is 0 Å². The van der Waals surface area contributed by atoms with Gasteiger partial charge in [-0.25, -0.2) is 0 Å². The average molecular weight is 332 g/mol. The Hall–Kier alpha value is -0.770. The van der Waals surface area contributed by atoms with E-state index in [1.54, 1.807) is 11.1 Å². The van der Waals surface area contributed by atoms with Crippen LogP contribution in [0.15, 0.2) is 22.3 Å². The van der Waals surface area contributed by atoms with Gasteiger partial charge in [0.1, 0.15) is 6.61 Å². The number of hydrogen-bond acceptors (Lipinski definition) is 1. The summed E-state index contributed by atoms with van der Waals surface area (Å²) in [6, 6.07) is 0. The van der Waals surface area contributed by atoms with Gasteiger partial charge in [0.05, 0.1) is 0 Å². The van der Waals surface area contributed by atoms with Gasteiger partial charge in [0.2, 0.25) is 0 Å². The molecule has 1 rings (SSSR count). The number of unbranched alkanes of at least 4 members (excludes halogenated alkanes) is 5. The second-order valence-electron chi connectivity index (χ2n) is 6.84. The summed E-state index contributed by atoms with van der Waals surface area (Å²) in [4.78, 5) is 0. The second-order valence-corrected chi connectivity index (χ2v) is 6.84. The van der Waals surface area contributed by atoms with Crippen molar-refractivity contribution in [1.82, 2.24) is 0 Å². The predicted octanol–water partition coefficient (Wildman–Crippen LogP) is 6.74. The lowest BCUT2D eigenvalue weighted by Gasteiger charge is -2.21. The standard InChI is InChI=1S/C19H31F3O/c1-15-12-17(3)18(13-16(15)2)10-8-6-4-5-7-9-11-23-14-19(20,21)22/h4-14H2,1-3H3. The Balaban J connectivity index is 1.97. The van der Waals surface area contributed by atoms with Gasteiger partial charge in [0.15, 0.2) is 0 Å². The second kappa shape index (κ2) is 10.2. The normalized spacial score (nSPS) is 16.4. The molecule has 0 aromatic carbocycles. The van der Waals surface area contributed by atoms with E-state index in [0.29, 0.717) is 0 Å². The molecule has 1 aliphatic carbocycles. The lowest BCUT2D eigenvalue weighted by molar-refractivity contribution is -0.174. The summed E-state index contributed by atoms with van der Waals surface area (Å²) in [5.74, 6) is 0. The van der Waals surface area contributed by atoms with Crippen LogP contribution in [0.5, 0.6) is 0 Å². The van der Waals surface area contributed by atoms with E-state index in [9.17, 15) is 13.2 Å². The number of allylic oxidation sites excluding steroid dienone is 4. The maximum atomic E-state index is 11.9. The molecule has 0 amide bonds. The van der Waals surface area contributed by atoms with Gasteiger partial charge in [-0.3, -0.25) is 0 Å². The largest absolute Gasteiger partial charge is 0.411 e. The Morgan fingerprint density at radius 3 is 2.00 bits per heavy atom. The van der Waals surface area contributed by atoms with Crippen molar-refractivity contribution in [2.75, 3.05) is 13.2 Å². The highest BCUT2D eigenvalue weighted by molar-refractivity contribution is 5.31. The molecule has 0 radical (unpaired) electrons. The summed E-state index contributed by atoms with van der Waals surface area (Å²) >= 11 is 0. The first-order valence-corrected chi connectivity index (χ1v) is 8.77. The smallest absolute Gasteiger partial charge is 0.372 e. The van der Waals surface area contributed by atoms with Gasteiger partial charge in [0.25, 0.3) is 0 Å². The molecule has 0 atom stereocenters. The van der Waals surface area contributed by atoms with E-state index in [2.05, 4.69) is 25.5 Å². The minimum absolute atomic E-state index is 0.219. The van der Waals surface area contributed by atoms with Crippen LogP contribution in [0.25, 0.3) is 0 Å². The Morgan fingerprint density at radius 2 is 1.35 bits per heavy atom. The third kappa shape index (κ3) is 9.19. The van der Waals surface area contributed by atoms with E-state index >= 15 is 0 Å². The van der Waals surface area contributed by atoms with E-state index in [0.717, 1.165) is 32.1 Å². The first kappa shape index (κ1) is 20.3. The molecule has 0 N–H and O–H groups in total. The van der Waals surface area contributed by atoms with Crippen LogP contribution in [0.4, 0.5) is 13.2 Å². The lowest BCUT2D eigenvalue weighted by atomic mass is 9.86. The zero-order valence-corrected chi connectivity index (χ0v) is 14.8. The van der Waals surface area contributed by atoms with Crippen molar-refractivity contribution in [1.29, 1.82) is 0 Å². The number of hydrogen-bond donors (Lipinski definition) is 0.